The van der Waals surface area contributed by atoms with Gasteiger partial charge in [-0.05, 0) is 36.0 Å². The number of benzene rings is 1. The molecule has 2 rings (SSSR count). The molecule has 1 amide bonds. The Morgan fingerprint density at radius 1 is 1.20 bits per heavy atom. The average Bonchev–Trinajstić information content (AvgIpc) is 3.04. The summed E-state index contributed by atoms with van der Waals surface area (Å²) in [6.07, 6.45) is 3.90. The van der Waals surface area contributed by atoms with Crippen molar-refractivity contribution in [2.75, 3.05) is 6.61 Å². The lowest BCUT2D eigenvalue weighted by molar-refractivity contribution is -0.124. The number of aliphatic hydroxyl groups excluding tert-OH is 1. The normalized spacial score (nSPS) is 17.4. The number of nitrogens with one attached hydrogen (secondary N) is 2. The van der Waals surface area contributed by atoms with Gasteiger partial charge in [-0.2, -0.15) is 4.72 Å². The van der Waals surface area contributed by atoms with Crippen molar-refractivity contribution in [1.82, 2.24) is 10.0 Å². The minimum absolute atomic E-state index is 0.0668. The molecule has 6 nitrogen and oxygen atoms in total. The van der Waals surface area contributed by atoms with E-state index in [1.165, 1.54) is 12.1 Å². The van der Waals surface area contributed by atoms with Crippen LogP contribution in [-0.4, -0.2) is 38.1 Å². The molecule has 1 fully saturated rings. The minimum atomic E-state index is -3.88. The second-order valence-electron chi connectivity index (χ2n) is 7.62. The van der Waals surface area contributed by atoms with Crippen molar-refractivity contribution in [2.45, 2.75) is 68.8 Å². The van der Waals surface area contributed by atoms with E-state index in [0.29, 0.717) is 0 Å². The van der Waals surface area contributed by atoms with Crippen LogP contribution in [0.4, 0.5) is 0 Å². The van der Waals surface area contributed by atoms with Crippen molar-refractivity contribution in [3.8, 4) is 0 Å². The Kier molecular flexibility index (Phi) is 6.24. The van der Waals surface area contributed by atoms with Crippen LogP contribution >= 0.6 is 0 Å². The van der Waals surface area contributed by atoms with E-state index >= 15 is 0 Å². The van der Waals surface area contributed by atoms with E-state index in [9.17, 15) is 18.3 Å². The largest absolute Gasteiger partial charge is 0.394 e. The summed E-state index contributed by atoms with van der Waals surface area (Å²) in [5, 5.41) is 12.3. The molecule has 7 heteroatoms. The summed E-state index contributed by atoms with van der Waals surface area (Å²) in [6, 6.07) is 5.45. The van der Waals surface area contributed by atoms with Crippen LogP contribution in [-0.2, 0) is 20.2 Å². The topological polar surface area (TPSA) is 95.5 Å². The zero-order valence-corrected chi connectivity index (χ0v) is 15.9. The predicted molar refractivity (Wildman–Crippen MR) is 96.7 cm³/mol. The zero-order chi connectivity index (χ0) is 18.7. The molecule has 1 aliphatic carbocycles. The molecule has 0 heterocycles. The number of carbonyl (C=O) groups is 1. The third kappa shape index (κ3) is 5.26. The van der Waals surface area contributed by atoms with Gasteiger partial charge in [0.25, 0.3) is 0 Å². The van der Waals surface area contributed by atoms with E-state index < -0.39 is 28.6 Å². The molecule has 1 saturated carbocycles. The molecule has 140 valence electrons. The third-order valence-corrected chi connectivity index (χ3v) is 6.02. The van der Waals surface area contributed by atoms with E-state index in [0.717, 1.165) is 31.2 Å². The third-order valence-electron chi connectivity index (χ3n) is 4.53. The summed E-state index contributed by atoms with van der Waals surface area (Å²) in [6.45, 7) is 5.55. The molecule has 1 aromatic rings. The molecule has 0 bridgehead atoms. The Labute approximate surface area is 150 Å². The van der Waals surface area contributed by atoms with E-state index in [-0.39, 0.29) is 16.4 Å². The predicted octanol–water partition coefficient (Wildman–Crippen LogP) is 1.68. The van der Waals surface area contributed by atoms with Crippen LogP contribution in [0.1, 0.15) is 52.0 Å². The lowest BCUT2D eigenvalue weighted by Gasteiger charge is -2.21. The van der Waals surface area contributed by atoms with Gasteiger partial charge in [-0.3, -0.25) is 4.79 Å². The molecule has 25 heavy (non-hydrogen) atoms. The number of rotatable bonds is 6. The maximum absolute atomic E-state index is 12.5. The number of hydrogen-bond acceptors (Lipinski definition) is 4. The van der Waals surface area contributed by atoms with Crippen LogP contribution in [0.2, 0.25) is 0 Å². The van der Waals surface area contributed by atoms with E-state index in [4.69, 9.17) is 0 Å². The molecule has 0 spiro atoms. The number of sulfonamides is 1. The Balaban J connectivity index is 2.08. The van der Waals surface area contributed by atoms with Crippen LogP contribution in [0.25, 0.3) is 0 Å². The summed E-state index contributed by atoms with van der Waals surface area (Å²) in [4.78, 5) is 12.3. The van der Waals surface area contributed by atoms with Crippen LogP contribution in [0.3, 0.4) is 0 Å². The lowest BCUT2D eigenvalue weighted by Crippen LogP contribution is -2.50. The Morgan fingerprint density at radius 2 is 1.76 bits per heavy atom. The van der Waals surface area contributed by atoms with Crippen molar-refractivity contribution in [3.05, 3.63) is 29.8 Å². The first-order valence-corrected chi connectivity index (χ1v) is 10.2. The molecular formula is C18H28N2O4S. The van der Waals surface area contributed by atoms with Crippen LogP contribution < -0.4 is 10.0 Å². The summed E-state index contributed by atoms with van der Waals surface area (Å²) < 4.78 is 27.3. The average molecular weight is 368 g/mol. The monoisotopic (exact) mass is 368 g/mol. The molecule has 3 N–H and O–H groups in total. The van der Waals surface area contributed by atoms with Crippen LogP contribution in [0.15, 0.2) is 29.2 Å². The Hall–Kier alpha value is -1.44. The van der Waals surface area contributed by atoms with Crippen molar-refractivity contribution < 1.29 is 18.3 Å². The van der Waals surface area contributed by atoms with Crippen LogP contribution in [0, 0.1) is 0 Å². The highest BCUT2D eigenvalue weighted by Gasteiger charge is 2.28. The zero-order valence-electron chi connectivity index (χ0n) is 15.1. The quantitative estimate of drug-likeness (QED) is 0.712. The maximum Gasteiger partial charge on any atom is 0.241 e. The van der Waals surface area contributed by atoms with Gasteiger partial charge >= 0.3 is 0 Å². The van der Waals surface area contributed by atoms with Crippen molar-refractivity contribution in [3.63, 3.8) is 0 Å². The van der Waals surface area contributed by atoms with Gasteiger partial charge in [0.05, 0.1) is 11.5 Å². The van der Waals surface area contributed by atoms with Crippen molar-refractivity contribution in [1.29, 1.82) is 0 Å². The number of aliphatic hydroxyl groups is 1. The number of hydrogen-bond donors (Lipinski definition) is 3. The van der Waals surface area contributed by atoms with Gasteiger partial charge in [0.15, 0.2) is 0 Å². The summed E-state index contributed by atoms with van der Waals surface area (Å²) >= 11 is 0. The first kappa shape index (κ1) is 19.9. The highest BCUT2D eigenvalue weighted by molar-refractivity contribution is 7.89. The van der Waals surface area contributed by atoms with Crippen molar-refractivity contribution >= 4 is 15.9 Å². The second kappa shape index (κ2) is 7.85. The van der Waals surface area contributed by atoms with Gasteiger partial charge in [0.1, 0.15) is 6.04 Å². The number of carbonyl (C=O) groups excluding carboxylic acids is 1. The number of amides is 1. The highest BCUT2D eigenvalue weighted by atomic mass is 32.2. The maximum atomic E-state index is 12.5. The van der Waals surface area contributed by atoms with Gasteiger partial charge in [-0.25, -0.2) is 8.42 Å². The Bertz CT molecular complexity index is 687. The summed E-state index contributed by atoms with van der Waals surface area (Å²) in [5.74, 6) is -0.482. The van der Waals surface area contributed by atoms with E-state index in [1.807, 2.05) is 20.8 Å². The summed E-state index contributed by atoms with van der Waals surface area (Å²) in [5.41, 5.74) is 0.939. The van der Waals surface area contributed by atoms with E-state index in [2.05, 4.69) is 10.0 Å². The fourth-order valence-corrected chi connectivity index (χ4v) is 4.12. The second-order valence-corrected chi connectivity index (χ2v) is 9.33. The van der Waals surface area contributed by atoms with Gasteiger partial charge in [0, 0.05) is 6.04 Å². The molecule has 1 atom stereocenters. The minimum Gasteiger partial charge on any atom is -0.394 e. The standard InChI is InChI=1S/C18H28N2O4S/c1-18(2,3)13-8-10-15(11-9-13)25(23,24)20-16(12-21)17(22)19-14-6-4-5-7-14/h8-11,14,16,20-21H,4-7,12H2,1-3H3,(H,19,22). The smallest absolute Gasteiger partial charge is 0.241 e. The molecule has 0 saturated heterocycles. The Morgan fingerprint density at radius 3 is 2.24 bits per heavy atom. The summed E-state index contributed by atoms with van der Waals surface area (Å²) in [7, 11) is -3.88. The van der Waals surface area contributed by atoms with Crippen molar-refractivity contribution in [2.24, 2.45) is 0 Å². The van der Waals surface area contributed by atoms with Gasteiger partial charge in [-0.15, -0.1) is 0 Å². The molecule has 1 unspecified atom stereocenters. The van der Waals surface area contributed by atoms with E-state index in [1.54, 1.807) is 12.1 Å². The fourth-order valence-electron chi connectivity index (χ4n) is 2.94. The molecule has 0 radical (unpaired) electrons. The first-order chi connectivity index (χ1) is 11.6. The molecule has 1 aromatic carbocycles. The highest BCUT2D eigenvalue weighted by Crippen LogP contribution is 2.23. The van der Waals surface area contributed by atoms with Gasteiger partial charge in [0.2, 0.25) is 15.9 Å². The van der Waals surface area contributed by atoms with Gasteiger partial charge in [-0.1, -0.05) is 45.7 Å². The van der Waals surface area contributed by atoms with Gasteiger partial charge < -0.3 is 10.4 Å². The SMILES string of the molecule is CC(C)(C)c1ccc(S(=O)(=O)NC(CO)C(=O)NC2CCCC2)cc1. The molecule has 0 aromatic heterocycles. The first-order valence-electron chi connectivity index (χ1n) is 8.67. The lowest BCUT2D eigenvalue weighted by atomic mass is 9.87. The molecular weight excluding hydrogens is 340 g/mol. The molecule has 0 aliphatic heterocycles. The fraction of sp³-hybridized carbons (Fsp3) is 0.611. The molecule has 1 aliphatic rings. The van der Waals surface area contributed by atoms with Crippen LogP contribution in [0.5, 0.6) is 0 Å².